The highest BCUT2D eigenvalue weighted by Crippen LogP contribution is 2.36. The minimum absolute atomic E-state index is 0.271. The third kappa shape index (κ3) is 9.78. The molecule has 0 radical (unpaired) electrons. The quantitative estimate of drug-likeness (QED) is 0.223. The SMILES string of the molecule is CC/C=C\CC/C=C/C=C\C=C\C(CCOc1ccc(CC(N)=O)cc1)C1CCC1. The largest absolute Gasteiger partial charge is 0.494 e. The molecule has 0 aliphatic heterocycles. The Morgan fingerprint density at radius 1 is 1.07 bits per heavy atom. The van der Waals surface area contributed by atoms with Gasteiger partial charge in [-0.25, -0.2) is 0 Å². The molecule has 3 nitrogen and oxygen atoms in total. The molecule has 30 heavy (non-hydrogen) atoms. The molecule has 1 saturated carbocycles. The van der Waals surface area contributed by atoms with Gasteiger partial charge in [0.25, 0.3) is 0 Å². The lowest BCUT2D eigenvalue weighted by atomic mass is 9.74. The molecule has 0 saturated heterocycles. The number of benzene rings is 1. The monoisotopic (exact) mass is 407 g/mol. The number of nitrogens with two attached hydrogens (primary N) is 1. The maximum atomic E-state index is 11.0. The van der Waals surface area contributed by atoms with Crippen LogP contribution in [0.2, 0.25) is 0 Å². The van der Waals surface area contributed by atoms with Gasteiger partial charge in [0.1, 0.15) is 5.75 Å². The van der Waals surface area contributed by atoms with Crippen LogP contribution in [0.5, 0.6) is 5.75 Å². The van der Waals surface area contributed by atoms with Gasteiger partial charge in [-0.2, -0.15) is 0 Å². The number of allylic oxidation sites excluding steroid dienone is 8. The maximum Gasteiger partial charge on any atom is 0.221 e. The summed E-state index contributed by atoms with van der Waals surface area (Å²) < 4.78 is 5.93. The average Bonchev–Trinajstić information content (AvgIpc) is 2.68. The van der Waals surface area contributed by atoms with E-state index < -0.39 is 0 Å². The molecule has 1 aliphatic rings. The van der Waals surface area contributed by atoms with E-state index in [1.807, 2.05) is 24.3 Å². The third-order valence-electron chi connectivity index (χ3n) is 5.51. The van der Waals surface area contributed by atoms with Crippen LogP contribution in [0.25, 0.3) is 0 Å². The maximum absolute atomic E-state index is 11.0. The molecule has 1 unspecified atom stereocenters. The highest BCUT2D eigenvalue weighted by Gasteiger charge is 2.25. The molecule has 2 N–H and O–H groups in total. The Hall–Kier alpha value is -2.55. The van der Waals surface area contributed by atoms with Gasteiger partial charge in [0.05, 0.1) is 13.0 Å². The lowest BCUT2D eigenvalue weighted by Crippen LogP contribution is -2.22. The summed E-state index contributed by atoms with van der Waals surface area (Å²) in [6.07, 6.45) is 26.2. The molecule has 1 atom stereocenters. The fourth-order valence-corrected chi connectivity index (χ4v) is 3.56. The van der Waals surface area contributed by atoms with E-state index in [9.17, 15) is 4.79 Å². The van der Waals surface area contributed by atoms with Crippen LogP contribution in [-0.4, -0.2) is 12.5 Å². The van der Waals surface area contributed by atoms with E-state index in [2.05, 4.69) is 55.5 Å². The molecular weight excluding hydrogens is 370 g/mol. The molecule has 1 aromatic rings. The standard InChI is InChI=1S/C27H37NO2/c1-2-3-4-5-6-7-8-9-10-11-13-25(24-14-12-15-24)20-21-30-26-18-16-23(17-19-26)22-27(28)29/h3-4,7-11,13,16-19,24-25H,2,5-6,12,14-15,20-22H2,1H3,(H2,28,29)/b4-3-,8-7+,10-9-,13-11+. The van der Waals surface area contributed by atoms with Crippen LogP contribution in [0.4, 0.5) is 0 Å². The number of unbranched alkanes of at least 4 members (excludes halogenated alkanes) is 1. The topological polar surface area (TPSA) is 52.3 Å². The van der Waals surface area contributed by atoms with E-state index in [1.165, 1.54) is 19.3 Å². The van der Waals surface area contributed by atoms with Gasteiger partial charge in [0, 0.05) is 0 Å². The number of amides is 1. The van der Waals surface area contributed by atoms with Crippen LogP contribution in [-0.2, 0) is 11.2 Å². The van der Waals surface area contributed by atoms with Crippen molar-refractivity contribution in [3.05, 3.63) is 78.4 Å². The molecule has 0 spiro atoms. The number of hydrogen-bond acceptors (Lipinski definition) is 2. The lowest BCUT2D eigenvalue weighted by Gasteiger charge is -2.32. The molecule has 1 fully saturated rings. The average molecular weight is 408 g/mol. The molecule has 1 aliphatic carbocycles. The summed E-state index contributed by atoms with van der Waals surface area (Å²) >= 11 is 0. The highest BCUT2D eigenvalue weighted by molar-refractivity contribution is 5.76. The summed E-state index contributed by atoms with van der Waals surface area (Å²) in [5.74, 6) is 1.89. The summed E-state index contributed by atoms with van der Waals surface area (Å²) in [5.41, 5.74) is 6.15. The van der Waals surface area contributed by atoms with Crippen LogP contribution in [0.15, 0.2) is 72.9 Å². The van der Waals surface area contributed by atoms with Crippen molar-refractivity contribution in [3.63, 3.8) is 0 Å². The van der Waals surface area contributed by atoms with Crippen molar-refractivity contribution in [2.75, 3.05) is 6.61 Å². The van der Waals surface area contributed by atoms with Gasteiger partial charge in [0.15, 0.2) is 0 Å². The Morgan fingerprint density at radius 3 is 2.47 bits per heavy atom. The summed E-state index contributed by atoms with van der Waals surface area (Å²) in [6, 6.07) is 7.64. The molecular formula is C27H37NO2. The van der Waals surface area contributed by atoms with Crippen LogP contribution >= 0.6 is 0 Å². The van der Waals surface area contributed by atoms with Gasteiger partial charge < -0.3 is 10.5 Å². The van der Waals surface area contributed by atoms with E-state index in [-0.39, 0.29) is 12.3 Å². The van der Waals surface area contributed by atoms with Gasteiger partial charge in [-0.15, -0.1) is 0 Å². The molecule has 0 heterocycles. The molecule has 1 amide bonds. The number of primary amides is 1. The first kappa shape index (κ1) is 23.7. The van der Waals surface area contributed by atoms with Gasteiger partial charge in [0.2, 0.25) is 5.91 Å². The van der Waals surface area contributed by atoms with Crippen LogP contribution in [0.3, 0.4) is 0 Å². The number of carbonyl (C=O) groups excluding carboxylic acids is 1. The van der Waals surface area contributed by atoms with Gasteiger partial charge >= 0.3 is 0 Å². The van der Waals surface area contributed by atoms with Crippen molar-refractivity contribution >= 4 is 5.91 Å². The fraction of sp³-hybridized carbons (Fsp3) is 0.444. The molecule has 3 heteroatoms. The number of carbonyl (C=O) groups is 1. The second kappa shape index (κ2) is 14.4. The summed E-state index contributed by atoms with van der Waals surface area (Å²) in [4.78, 5) is 11.0. The van der Waals surface area contributed by atoms with E-state index in [1.54, 1.807) is 0 Å². The Bertz CT molecular complexity index is 724. The zero-order valence-corrected chi connectivity index (χ0v) is 18.3. The zero-order chi connectivity index (χ0) is 21.4. The fourth-order valence-electron chi connectivity index (χ4n) is 3.56. The lowest BCUT2D eigenvalue weighted by molar-refractivity contribution is -0.117. The molecule has 0 bridgehead atoms. The van der Waals surface area contributed by atoms with Crippen LogP contribution < -0.4 is 10.5 Å². The molecule has 0 aromatic heterocycles. The third-order valence-corrected chi connectivity index (χ3v) is 5.51. The summed E-state index contributed by atoms with van der Waals surface area (Å²) in [7, 11) is 0. The van der Waals surface area contributed by atoms with Gasteiger partial charge in [-0.05, 0) is 68.1 Å². The van der Waals surface area contributed by atoms with E-state index in [4.69, 9.17) is 10.5 Å². The first-order chi connectivity index (χ1) is 14.7. The second-order valence-corrected chi connectivity index (χ2v) is 7.93. The molecule has 1 aromatic carbocycles. The van der Waals surface area contributed by atoms with Gasteiger partial charge in [-0.1, -0.05) is 74.1 Å². The normalized spacial score (nSPS) is 16.0. The number of ether oxygens (including phenoxy) is 1. The first-order valence-corrected chi connectivity index (χ1v) is 11.3. The van der Waals surface area contributed by atoms with Crippen molar-refractivity contribution in [1.29, 1.82) is 0 Å². The van der Waals surface area contributed by atoms with E-state index in [0.717, 1.165) is 42.9 Å². The number of rotatable bonds is 14. The highest BCUT2D eigenvalue weighted by atomic mass is 16.5. The van der Waals surface area contributed by atoms with Gasteiger partial charge in [-0.3, -0.25) is 4.79 Å². The minimum Gasteiger partial charge on any atom is -0.494 e. The van der Waals surface area contributed by atoms with Crippen molar-refractivity contribution < 1.29 is 9.53 Å². The van der Waals surface area contributed by atoms with Crippen molar-refractivity contribution in [3.8, 4) is 5.75 Å². The smallest absolute Gasteiger partial charge is 0.221 e. The molecule has 2 rings (SSSR count). The Balaban J connectivity index is 1.73. The van der Waals surface area contributed by atoms with E-state index >= 15 is 0 Å². The van der Waals surface area contributed by atoms with E-state index in [0.29, 0.717) is 12.5 Å². The Labute approximate surface area is 182 Å². The second-order valence-electron chi connectivity index (χ2n) is 7.93. The molecule has 162 valence electrons. The van der Waals surface area contributed by atoms with Crippen molar-refractivity contribution in [1.82, 2.24) is 0 Å². The first-order valence-electron chi connectivity index (χ1n) is 11.3. The van der Waals surface area contributed by atoms with Crippen LogP contribution in [0.1, 0.15) is 57.4 Å². The van der Waals surface area contributed by atoms with Crippen molar-refractivity contribution in [2.45, 2.75) is 58.3 Å². The number of hydrogen-bond donors (Lipinski definition) is 1. The minimum atomic E-state index is -0.313. The van der Waals surface area contributed by atoms with Crippen molar-refractivity contribution in [2.24, 2.45) is 17.6 Å². The Morgan fingerprint density at radius 2 is 1.80 bits per heavy atom. The summed E-state index contributed by atoms with van der Waals surface area (Å²) in [6.45, 7) is 2.87. The predicted octanol–water partition coefficient (Wildman–Crippen LogP) is 6.31. The summed E-state index contributed by atoms with van der Waals surface area (Å²) in [5, 5.41) is 0. The predicted molar refractivity (Wildman–Crippen MR) is 126 cm³/mol. The Kier molecular flexibility index (Phi) is 11.4. The zero-order valence-electron chi connectivity index (χ0n) is 18.3. The van der Waals surface area contributed by atoms with Crippen LogP contribution in [0, 0.1) is 11.8 Å².